The van der Waals surface area contributed by atoms with Crippen molar-refractivity contribution in [3.8, 4) is 0 Å². The van der Waals surface area contributed by atoms with Gasteiger partial charge in [-0.05, 0) is 45.1 Å². The highest BCUT2D eigenvalue weighted by Crippen LogP contribution is 2.61. The van der Waals surface area contributed by atoms with E-state index in [0.717, 1.165) is 5.56 Å². The Kier molecular flexibility index (Phi) is 11.8. The van der Waals surface area contributed by atoms with Crippen LogP contribution in [-0.4, -0.2) is 92.5 Å². The highest BCUT2D eigenvalue weighted by atomic mass is 79.9. The molecule has 1 unspecified atom stereocenters. The number of fused-ring (bicyclic) bond motifs is 1. The zero-order chi connectivity index (χ0) is 34.7. The smallest absolute Gasteiger partial charge is 0.306 e. The molecule has 1 aromatic carbocycles. The van der Waals surface area contributed by atoms with Gasteiger partial charge in [-0.3, -0.25) is 19.2 Å². The van der Waals surface area contributed by atoms with Gasteiger partial charge >= 0.3 is 5.97 Å². The molecule has 0 radical (unpaired) electrons. The van der Waals surface area contributed by atoms with E-state index in [1.807, 2.05) is 65.0 Å². The zero-order valence-corrected chi connectivity index (χ0v) is 29.8. The predicted octanol–water partition coefficient (Wildman–Crippen LogP) is 4.32. The lowest BCUT2D eigenvalue weighted by molar-refractivity contribution is -0.155. The summed E-state index contributed by atoms with van der Waals surface area (Å²) in [6.45, 7) is 17.0. The van der Waals surface area contributed by atoms with E-state index in [1.54, 1.807) is 17.1 Å². The topological polar surface area (TPSA) is 125 Å². The standard InChI is InChI=1S/C36H50BrN3O7/c1-8-11-17-27(42)46-21-25(23-15-13-12-14-16-23)38-32(43)28-29-33(44)40(26(20-41)22(4)10-3)31(36(29)19-24(37)30(28)47-36)34(45)39(18-9-2)35(5,6)7/h8-9,12-16,22,24-26,28-31,41H,1-2,10-11,17-21H2,3-7H3,(H,38,43)/t22-,24?,25-,26-,28+,29-,30+,31+,36-/m0/s1. The predicted molar refractivity (Wildman–Crippen MR) is 182 cm³/mol. The second-order valence-electron chi connectivity index (χ2n) is 13.9. The number of benzene rings is 1. The van der Waals surface area contributed by atoms with Crippen molar-refractivity contribution in [3.63, 3.8) is 0 Å². The van der Waals surface area contributed by atoms with Gasteiger partial charge in [0.05, 0.1) is 36.6 Å². The number of carbonyl (C=O) groups is 4. The molecular weight excluding hydrogens is 666 g/mol. The largest absolute Gasteiger partial charge is 0.463 e. The van der Waals surface area contributed by atoms with Crippen LogP contribution in [0.2, 0.25) is 0 Å². The summed E-state index contributed by atoms with van der Waals surface area (Å²) in [5.41, 5.74) is -1.16. The third-order valence-electron chi connectivity index (χ3n) is 9.98. The lowest BCUT2D eigenvalue weighted by atomic mass is 9.70. The molecule has 3 aliphatic rings. The molecule has 3 saturated heterocycles. The molecule has 47 heavy (non-hydrogen) atoms. The summed E-state index contributed by atoms with van der Waals surface area (Å²) in [4.78, 5) is 59.1. The van der Waals surface area contributed by atoms with Crippen molar-refractivity contribution in [2.45, 2.75) is 100 Å². The van der Waals surface area contributed by atoms with Crippen LogP contribution in [0.4, 0.5) is 0 Å². The number of carbonyl (C=O) groups excluding carboxylic acids is 4. The number of likely N-dealkylation sites (tertiary alicyclic amines) is 1. The van der Waals surface area contributed by atoms with E-state index in [2.05, 4.69) is 34.4 Å². The van der Waals surface area contributed by atoms with Crippen molar-refractivity contribution in [2.75, 3.05) is 19.8 Å². The lowest BCUT2D eigenvalue weighted by Gasteiger charge is -2.44. The first-order chi connectivity index (χ1) is 22.3. The zero-order valence-electron chi connectivity index (χ0n) is 28.2. The quantitative estimate of drug-likeness (QED) is 0.157. The first kappa shape index (κ1) is 36.8. The molecule has 1 aromatic rings. The number of aliphatic hydroxyl groups excluding tert-OH is 1. The number of halogens is 1. The summed E-state index contributed by atoms with van der Waals surface area (Å²) < 4.78 is 12.3. The molecule has 3 aliphatic heterocycles. The normalized spacial score (nSPS) is 28.3. The third-order valence-corrected chi connectivity index (χ3v) is 10.8. The molecule has 2 N–H and O–H groups in total. The summed E-state index contributed by atoms with van der Waals surface area (Å²) >= 11 is 3.74. The molecular formula is C36H50BrN3O7. The highest BCUT2D eigenvalue weighted by Gasteiger charge is 2.77. The number of rotatable bonds is 15. The molecule has 11 heteroatoms. The molecule has 0 aliphatic carbocycles. The fraction of sp³-hybridized carbons (Fsp3) is 0.611. The number of nitrogens with zero attached hydrogens (tertiary/aromatic N) is 2. The minimum Gasteiger partial charge on any atom is -0.463 e. The van der Waals surface area contributed by atoms with Crippen LogP contribution in [0, 0.1) is 17.8 Å². The summed E-state index contributed by atoms with van der Waals surface area (Å²) in [5.74, 6) is -3.51. The molecule has 3 heterocycles. The van der Waals surface area contributed by atoms with Crippen molar-refractivity contribution in [1.29, 1.82) is 0 Å². The second kappa shape index (κ2) is 15.0. The van der Waals surface area contributed by atoms with E-state index < -0.39 is 59.1 Å². The average molecular weight is 717 g/mol. The number of esters is 1. The Bertz CT molecular complexity index is 1330. The van der Waals surface area contributed by atoms with Crippen LogP contribution in [0.25, 0.3) is 0 Å². The number of allylic oxidation sites excluding steroid dienone is 1. The fourth-order valence-electron chi connectivity index (χ4n) is 7.43. The number of ether oxygens (including phenoxy) is 2. The van der Waals surface area contributed by atoms with Gasteiger partial charge in [-0.15, -0.1) is 13.2 Å². The van der Waals surface area contributed by atoms with E-state index in [1.165, 1.54) is 4.90 Å². The van der Waals surface area contributed by atoms with Gasteiger partial charge < -0.3 is 29.7 Å². The number of alkyl halides is 1. The Morgan fingerprint density at radius 1 is 1.23 bits per heavy atom. The molecule has 1 spiro atoms. The van der Waals surface area contributed by atoms with Crippen LogP contribution < -0.4 is 5.32 Å². The number of nitrogens with one attached hydrogen (secondary N) is 1. The van der Waals surface area contributed by atoms with Crippen LogP contribution in [0.1, 0.15) is 71.9 Å². The number of hydrogen-bond donors (Lipinski definition) is 2. The Labute approximate surface area is 287 Å². The van der Waals surface area contributed by atoms with E-state index in [0.29, 0.717) is 19.3 Å². The molecule has 0 aromatic heterocycles. The Morgan fingerprint density at radius 2 is 1.91 bits per heavy atom. The van der Waals surface area contributed by atoms with Crippen molar-refractivity contribution in [2.24, 2.45) is 17.8 Å². The maximum atomic E-state index is 14.7. The Hall–Kier alpha value is -3.02. The summed E-state index contributed by atoms with van der Waals surface area (Å²) in [7, 11) is 0. The average Bonchev–Trinajstić information content (AvgIpc) is 3.63. The van der Waals surface area contributed by atoms with E-state index in [9.17, 15) is 24.3 Å². The maximum Gasteiger partial charge on any atom is 0.306 e. The number of hydrogen-bond acceptors (Lipinski definition) is 7. The molecule has 3 fully saturated rings. The first-order valence-electron chi connectivity index (χ1n) is 16.6. The van der Waals surface area contributed by atoms with E-state index in [4.69, 9.17) is 9.47 Å². The van der Waals surface area contributed by atoms with Gasteiger partial charge in [0.15, 0.2) is 0 Å². The molecule has 10 nitrogen and oxygen atoms in total. The summed E-state index contributed by atoms with van der Waals surface area (Å²) in [6.07, 6.45) is 4.28. The minimum atomic E-state index is -1.29. The van der Waals surface area contributed by atoms with Crippen LogP contribution in [0.15, 0.2) is 55.6 Å². The van der Waals surface area contributed by atoms with Crippen molar-refractivity contribution < 1.29 is 33.8 Å². The summed E-state index contributed by atoms with van der Waals surface area (Å²) in [6, 6.07) is 6.81. The van der Waals surface area contributed by atoms with Gasteiger partial charge in [-0.25, -0.2) is 0 Å². The van der Waals surface area contributed by atoms with Gasteiger partial charge in [-0.1, -0.05) is 78.7 Å². The molecule has 9 atom stereocenters. The van der Waals surface area contributed by atoms with Gasteiger partial charge in [0.1, 0.15) is 18.2 Å². The van der Waals surface area contributed by atoms with E-state index in [-0.39, 0.29) is 48.7 Å². The van der Waals surface area contributed by atoms with Crippen LogP contribution in [0.3, 0.4) is 0 Å². The van der Waals surface area contributed by atoms with Crippen LogP contribution in [-0.2, 0) is 28.7 Å². The SMILES string of the molecule is C=CCCC(=O)OC[C@H](NC(=O)[C@H]1[C@@H]2O[C@@]3(CC2Br)[C@@H]1C(=O)N([C@@H](CO)[C@@H](C)CC)[C@@H]3C(=O)N(CC=C)C(C)(C)C)c1ccccc1. The Balaban J connectivity index is 1.74. The minimum absolute atomic E-state index is 0.0958. The highest BCUT2D eigenvalue weighted by molar-refractivity contribution is 9.09. The lowest BCUT2D eigenvalue weighted by Crippen LogP contribution is -2.62. The molecule has 2 bridgehead atoms. The Morgan fingerprint density at radius 3 is 2.49 bits per heavy atom. The van der Waals surface area contributed by atoms with Gasteiger partial charge in [-0.2, -0.15) is 0 Å². The van der Waals surface area contributed by atoms with Gasteiger partial charge in [0.2, 0.25) is 17.7 Å². The van der Waals surface area contributed by atoms with Crippen molar-refractivity contribution in [1.82, 2.24) is 15.1 Å². The molecule has 3 amide bonds. The third kappa shape index (κ3) is 7.08. The maximum absolute atomic E-state index is 14.7. The molecule has 258 valence electrons. The number of aliphatic hydroxyl groups is 1. The van der Waals surface area contributed by atoms with Crippen LogP contribution >= 0.6 is 15.9 Å². The van der Waals surface area contributed by atoms with E-state index >= 15 is 0 Å². The van der Waals surface area contributed by atoms with Gasteiger partial charge in [0.25, 0.3) is 0 Å². The monoisotopic (exact) mass is 715 g/mol. The molecule has 0 saturated carbocycles. The van der Waals surface area contributed by atoms with Gasteiger partial charge in [0, 0.05) is 23.3 Å². The van der Waals surface area contributed by atoms with Crippen molar-refractivity contribution in [3.05, 3.63) is 61.2 Å². The number of amides is 3. The fourth-order valence-corrected chi connectivity index (χ4v) is 8.37. The van der Waals surface area contributed by atoms with Crippen molar-refractivity contribution >= 4 is 39.6 Å². The first-order valence-corrected chi connectivity index (χ1v) is 17.5. The summed E-state index contributed by atoms with van der Waals surface area (Å²) in [5, 5.41) is 13.7. The second-order valence-corrected chi connectivity index (χ2v) is 15.1. The molecule has 4 rings (SSSR count). The van der Waals surface area contributed by atoms with Crippen LogP contribution in [0.5, 0.6) is 0 Å².